The lowest BCUT2D eigenvalue weighted by molar-refractivity contribution is -0.119. The first kappa shape index (κ1) is 12.9. The summed E-state index contributed by atoms with van der Waals surface area (Å²) < 4.78 is 0. The summed E-state index contributed by atoms with van der Waals surface area (Å²) in [6.07, 6.45) is 2.61. The van der Waals surface area contributed by atoms with Crippen LogP contribution in [0.3, 0.4) is 0 Å². The van der Waals surface area contributed by atoms with Crippen molar-refractivity contribution in [2.75, 3.05) is 18.0 Å². The van der Waals surface area contributed by atoms with E-state index in [4.69, 9.17) is 11.5 Å². The average Bonchev–Trinajstić information content (AvgIpc) is 2.39. The summed E-state index contributed by atoms with van der Waals surface area (Å²) in [6, 6.07) is 8.39. The van der Waals surface area contributed by atoms with E-state index in [1.807, 2.05) is 0 Å². The van der Waals surface area contributed by atoms with Gasteiger partial charge in [-0.15, -0.1) is 0 Å². The van der Waals surface area contributed by atoms with Gasteiger partial charge in [-0.3, -0.25) is 4.79 Å². The van der Waals surface area contributed by atoms with Crippen molar-refractivity contribution in [3.8, 4) is 0 Å². The minimum Gasteiger partial charge on any atom is -0.372 e. The Morgan fingerprint density at radius 3 is 2.33 bits per heavy atom. The molecule has 1 aliphatic rings. The molecule has 1 saturated heterocycles. The molecule has 1 fully saturated rings. The molecule has 1 aromatic rings. The molecule has 2 rings (SSSR count). The molecule has 0 radical (unpaired) electrons. The number of hydrogen-bond donors (Lipinski definition) is 2. The van der Waals surface area contributed by atoms with Crippen molar-refractivity contribution in [1.82, 2.24) is 0 Å². The van der Waals surface area contributed by atoms with Crippen LogP contribution in [0, 0.1) is 5.92 Å². The maximum absolute atomic E-state index is 10.9. The first-order valence-electron chi connectivity index (χ1n) is 6.51. The van der Waals surface area contributed by atoms with Crippen molar-refractivity contribution in [2.24, 2.45) is 17.4 Å². The molecule has 0 saturated carbocycles. The number of benzene rings is 1. The zero-order valence-corrected chi connectivity index (χ0v) is 10.6. The van der Waals surface area contributed by atoms with E-state index in [-0.39, 0.29) is 5.91 Å². The summed E-state index contributed by atoms with van der Waals surface area (Å²) in [7, 11) is 0. The van der Waals surface area contributed by atoms with Crippen LogP contribution in [0.15, 0.2) is 24.3 Å². The molecule has 1 heterocycles. The number of amides is 1. The molecule has 1 amide bonds. The summed E-state index contributed by atoms with van der Waals surface area (Å²) in [4.78, 5) is 13.2. The SMILES string of the molecule is NCc1ccc(N2CCC(CC(N)=O)CC2)cc1. The second-order valence-electron chi connectivity index (χ2n) is 4.97. The van der Waals surface area contributed by atoms with E-state index >= 15 is 0 Å². The molecule has 0 spiro atoms. The van der Waals surface area contributed by atoms with E-state index in [1.54, 1.807) is 0 Å². The standard InChI is InChI=1S/C14H21N3O/c15-10-12-1-3-13(4-2-12)17-7-5-11(6-8-17)9-14(16)18/h1-4,11H,5-10,15H2,(H2,16,18). The van der Waals surface area contributed by atoms with Gasteiger partial charge in [0.2, 0.25) is 5.91 Å². The molecule has 0 aliphatic carbocycles. The lowest BCUT2D eigenvalue weighted by Crippen LogP contribution is -2.35. The van der Waals surface area contributed by atoms with Gasteiger partial charge < -0.3 is 16.4 Å². The third-order valence-corrected chi connectivity index (χ3v) is 3.64. The Kier molecular flexibility index (Phi) is 4.20. The number of carbonyl (C=O) groups is 1. The molecule has 4 N–H and O–H groups in total. The summed E-state index contributed by atoms with van der Waals surface area (Å²) >= 11 is 0. The monoisotopic (exact) mass is 247 g/mol. The predicted molar refractivity (Wildman–Crippen MR) is 73.1 cm³/mol. The predicted octanol–water partition coefficient (Wildman–Crippen LogP) is 1.24. The van der Waals surface area contributed by atoms with Gasteiger partial charge in [0, 0.05) is 31.7 Å². The lowest BCUT2D eigenvalue weighted by Gasteiger charge is -2.33. The van der Waals surface area contributed by atoms with E-state index in [9.17, 15) is 4.79 Å². The normalized spacial score (nSPS) is 16.8. The van der Waals surface area contributed by atoms with Gasteiger partial charge in [-0.2, -0.15) is 0 Å². The number of anilines is 1. The van der Waals surface area contributed by atoms with Crippen molar-refractivity contribution in [3.05, 3.63) is 29.8 Å². The largest absolute Gasteiger partial charge is 0.372 e. The van der Waals surface area contributed by atoms with E-state index < -0.39 is 0 Å². The smallest absolute Gasteiger partial charge is 0.217 e. The van der Waals surface area contributed by atoms with Gasteiger partial charge in [-0.1, -0.05) is 12.1 Å². The minimum atomic E-state index is -0.180. The highest BCUT2D eigenvalue weighted by atomic mass is 16.1. The van der Waals surface area contributed by atoms with Crippen LogP contribution in [0.5, 0.6) is 0 Å². The number of carbonyl (C=O) groups excluding carboxylic acids is 1. The highest BCUT2D eigenvalue weighted by molar-refractivity contribution is 5.74. The van der Waals surface area contributed by atoms with Crippen LogP contribution >= 0.6 is 0 Å². The number of primary amides is 1. The molecule has 18 heavy (non-hydrogen) atoms. The molecule has 0 unspecified atom stereocenters. The number of piperidine rings is 1. The first-order chi connectivity index (χ1) is 8.69. The van der Waals surface area contributed by atoms with Crippen LogP contribution in [0.2, 0.25) is 0 Å². The van der Waals surface area contributed by atoms with E-state index in [1.165, 1.54) is 5.69 Å². The summed E-state index contributed by atoms with van der Waals surface area (Å²) in [5.74, 6) is 0.280. The lowest BCUT2D eigenvalue weighted by atomic mass is 9.93. The van der Waals surface area contributed by atoms with Crippen LogP contribution in [0.4, 0.5) is 5.69 Å². The summed E-state index contributed by atoms with van der Waals surface area (Å²) in [5, 5.41) is 0. The summed E-state index contributed by atoms with van der Waals surface area (Å²) in [6.45, 7) is 2.58. The molecule has 4 heteroatoms. The molecule has 4 nitrogen and oxygen atoms in total. The van der Waals surface area contributed by atoms with Crippen LogP contribution in [0.25, 0.3) is 0 Å². The highest BCUT2D eigenvalue weighted by Crippen LogP contribution is 2.25. The van der Waals surface area contributed by atoms with Gasteiger partial charge in [0.05, 0.1) is 0 Å². The molecule has 0 atom stereocenters. The fourth-order valence-electron chi connectivity index (χ4n) is 2.52. The Bertz CT molecular complexity index is 394. The average molecular weight is 247 g/mol. The van der Waals surface area contributed by atoms with Crippen molar-refractivity contribution in [3.63, 3.8) is 0 Å². The fraction of sp³-hybridized carbons (Fsp3) is 0.500. The fourth-order valence-corrected chi connectivity index (χ4v) is 2.52. The van der Waals surface area contributed by atoms with Crippen molar-refractivity contribution in [2.45, 2.75) is 25.8 Å². The third kappa shape index (κ3) is 3.23. The number of nitrogens with zero attached hydrogens (tertiary/aromatic N) is 1. The highest BCUT2D eigenvalue weighted by Gasteiger charge is 2.20. The van der Waals surface area contributed by atoms with Gasteiger partial charge in [-0.25, -0.2) is 0 Å². The van der Waals surface area contributed by atoms with Gasteiger partial charge in [0.1, 0.15) is 0 Å². The van der Waals surface area contributed by atoms with Gasteiger partial charge in [-0.05, 0) is 36.5 Å². The van der Waals surface area contributed by atoms with Crippen LogP contribution in [-0.2, 0) is 11.3 Å². The van der Waals surface area contributed by atoms with Gasteiger partial charge in [0.15, 0.2) is 0 Å². The Balaban J connectivity index is 1.90. The molecule has 0 bridgehead atoms. The first-order valence-corrected chi connectivity index (χ1v) is 6.51. The molecular weight excluding hydrogens is 226 g/mol. The maximum Gasteiger partial charge on any atom is 0.217 e. The van der Waals surface area contributed by atoms with Crippen LogP contribution in [-0.4, -0.2) is 19.0 Å². The Hall–Kier alpha value is -1.55. The third-order valence-electron chi connectivity index (χ3n) is 3.64. The van der Waals surface area contributed by atoms with Gasteiger partial charge in [0.25, 0.3) is 0 Å². The molecule has 1 aromatic carbocycles. The van der Waals surface area contributed by atoms with Crippen LogP contribution in [0.1, 0.15) is 24.8 Å². The Morgan fingerprint density at radius 2 is 1.83 bits per heavy atom. The topological polar surface area (TPSA) is 72.3 Å². The number of rotatable bonds is 4. The molecule has 0 aromatic heterocycles. The Labute approximate surface area is 108 Å². The second-order valence-corrected chi connectivity index (χ2v) is 4.97. The van der Waals surface area contributed by atoms with Crippen molar-refractivity contribution < 1.29 is 4.79 Å². The van der Waals surface area contributed by atoms with Crippen molar-refractivity contribution in [1.29, 1.82) is 0 Å². The quantitative estimate of drug-likeness (QED) is 0.840. The van der Waals surface area contributed by atoms with Gasteiger partial charge >= 0.3 is 0 Å². The maximum atomic E-state index is 10.9. The van der Waals surface area contributed by atoms with E-state index in [0.717, 1.165) is 31.5 Å². The molecule has 98 valence electrons. The minimum absolute atomic E-state index is 0.180. The Morgan fingerprint density at radius 1 is 1.22 bits per heavy atom. The van der Waals surface area contributed by atoms with E-state index in [0.29, 0.717) is 18.9 Å². The zero-order valence-electron chi connectivity index (χ0n) is 10.6. The van der Waals surface area contributed by atoms with E-state index in [2.05, 4.69) is 29.2 Å². The molecule has 1 aliphatic heterocycles. The number of nitrogens with two attached hydrogens (primary N) is 2. The number of hydrogen-bond acceptors (Lipinski definition) is 3. The zero-order chi connectivity index (χ0) is 13.0. The van der Waals surface area contributed by atoms with Crippen molar-refractivity contribution >= 4 is 11.6 Å². The van der Waals surface area contributed by atoms with Crippen LogP contribution < -0.4 is 16.4 Å². The second kappa shape index (κ2) is 5.87. The molecular formula is C14H21N3O. The summed E-state index contributed by atoms with van der Waals surface area (Å²) in [5.41, 5.74) is 13.2.